The second kappa shape index (κ2) is 4.82. The number of hydrogen-bond donors (Lipinski definition) is 0. The minimum atomic E-state index is -0.178. The maximum atomic E-state index is 13.1. The largest absolute Gasteiger partial charge is 0.343 e. The molecule has 2 aromatic carbocycles. The van der Waals surface area contributed by atoms with E-state index in [4.69, 9.17) is 0 Å². The summed E-state index contributed by atoms with van der Waals surface area (Å²) in [5.74, 6) is -0.178. The number of hydrogen-bond acceptors (Lipinski definition) is 0. The van der Waals surface area contributed by atoms with Crippen LogP contribution in [0.25, 0.3) is 10.9 Å². The van der Waals surface area contributed by atoms with E-state index < -0.39 is 0 Å². The molecule has 3 heteroatoms. The molecule has 0 atom stereocenters. The maximum absolute atomic E-state index is 13.1. The first-order valence-electron chi connectivity index (χ1n) is 6.13. The molecule has 0 aliphatic heterocycles. The van der Waals surface area contributed by atoms with Gasteiger partial charge in [0.25, 0.3) is 0 Å². The van der Waals surface area contributed by atoms with Crippen molar-refractivity contribution in [3.8, 4) is 0 Å². The van der Waals surface area contributed by atoms with Gasteiger partial charge in [-0.2, -0.15) is 0 Å². The Morgan fingerprint density at radius 3 is 2.74 bits per heavy atom. The van der Waals surface area contributed by atoms with Gasteiger partial charge in [-0.25, -0.2) is 4.39 Å². The topological polar surface area (TPSA) is 4.93 Å². The Hall–Kier alpha value is -1.61. The molecule has 0 N–H and O–H groups in total. The predicted octanol–water partition coefficient (Wildman–Crippen LogP) is 4.90. The summed E-state index contributed by atoms with van der Waals surface area (Å²) in [6.07, 6.45) is 2.07. The minimum absolute atomic E-state index is 0.178. The molecule has 0 spiro atoms. The molecule has 1 nitrogen and oxygen atoms in total. The summed E-state index contributed by atoms with van der Waals surface area (Å²) in [7, 11) is 0. The van der Waals surface area contributed by atoms with Crippen molar-refractivity contribution in [2.24, 2.45) is 0 Å². The number of nitrogens with zero attached hydrogens (tertiary/aromatic N) is 1. The molecule has 1 heterocycles. The highest BCUT2D eigenvalue weighted by molar-refractivity contribution is 9.10. The van der Waals surface area contributed by atoms with Gasteiger partial charge in [-0.3, -0.25) is 0 Å². The molecule has 0 aliphatic rings. The third-order valence-corrected chi connectivity index (χ3v) is 3.87. The van der Waals surface area contributed by atoms with Gasteiger partial charge in [0.1, 0.15) is 5.82 Å². The highest BCUT2D eigenvalue weighted by Crippen LogP contribution is 2.22. The van der Waals surface area contributed by atoms with Gasteiger partial charge < -0.3 is 4.57 Å². The van der Waals surface area contributed by atoms with Crippen LogP contribution in [0.5, 0.6) is 0 Å². The van der Waals surface area contributed by atoms with E-state index in [0.29, 0.717) is 0 Å². The van der Waals surface area contributed by atoms with Crippen LogP contribution in [0, 0.1) is 12.7 Å². The third kappa shape index (κ3) is 2.43. The van der Waals surface area contributed by atoms with Crippen LogP contribution in [0.15, 0.2) is 53.1 Å². The third-order valence-electron chi connectivity index (χ3n) is 3.38. The molecule has 0 fully saturated rings. The van der Waals surface area contributed by atoms with Crippen molar-refractivity contribution in [2.75, 3.05) is 0 Å². The summed E-state index contributed by atoms with van der Waals surface area (Å²) in [5, 5.41) is 1.20. The summed E-state index contributed by atoms with van der Waals surface area (Å²) >= 11 is 3.48. The van der Waals surface area contributed by atoms with E-state index in [-0.39, 0.29) is 5.82 Å². The average molecular weight is 318 g/mol. The van der Waals surface area contributed by atoms with E-state index in [1.165, 1.54) is 17.0 Å². The molecule has 0 radical (unpaired) electrons. The summed E-state index contributed by atoms with van der Waals surface area (Å²) in [6.45, 7) is 2.71. The molecule has 0 bridgehead atoms. The number of aryl methyl sites for hydroxylation is 1. The zero-order chi connectivity index (χ0) is 13.4. The van der Waals surface area contributed by atoms with Gasteiger partial charge >= 0.3 is 0 Å². The van der Waals surface area contributed by atoms with Gasteiger partial charge in [0.05, 0.1) is 0 Å². The number of fused-ring (bicyclic) bond motifs is 1. The Balaban J connectivity index is 2.01. The second-order valence-electron chi connectivity index (χ2n) is 4.72. The average Bonchev–Trinajstić information content (AvgIpc) is 2.75. The summed E-state index contributed by atoms with van der Waals surface area (Å²) in [4.78, 5) is 0. The first-order valence-corrected chi connectivity index (χ1v) is 6.92. The number of rotatable bonds is 2. The highest BCUT2D eigenvalue weighted by atomic mass is 79.9. The molecular weight excluding hydrogens is 305 g/mol. The van der Waals surface area contributed by atoms with Crippen molar-refractivity contribution >= 4 is 26.8 Å². The van der Waals surface area contributed by atoms with Crippen molar-refractivity contribution < 1.29 is 4.39 Å². The van der Waals surface area contributed by atoms with Gasteiger partial charge in [-0.1, -0.05) is 22.0 Å². The molecule has 19 heavy (non-hydrogen) atoms. The standard InChI is InChI=1S/C16H13BrFN/c1-11-8-15(18)4-2-13(11)10-19-7-6-12-9-14(17)3-5-16(12)19/h2-9H,10H2,1H3. The maximum Gasteiger partial charge on any atom is 0.123 e. The first-order chi connectivity index (χ1) is 9.13. The molecule has 0 saturated carbocycles. The van der Waals surface area contributed by atoms with Gasteiger partial charge in [-0.15, -0.1) is 0 Å². The molecular formula is C16H13BrFN. The lowest BCUT2D eigenvalue weighted by Crippen LogP contribution is -2.00. The number of halogens is 2. The lowest BCUT2D eigenvalue weighted by atomic mass is 10.1. The van der Waals surface area contributed by atoms with Crippen LogP contribution in [-0.2, 0) is 6.54 Å². The van der Waals surface area contributed by atoms with Crippen molar-refractivity contribution in [2.45, 2.75) is 13.5 Å². The Morgan fingerprint density at radius 1 is 1.11 bits per heavy atom. The lowest BCUT2D eigenvalue weighted by molar-refractivity contribution is 0.625. The van der Waals surface area contributed by atoms with Gasteiger partial charge in [0.2, 0.25) is 0 Å². The van der Waals surface area contributed by atoms with Crippen molar-refractivity contribution in [1.29, 1.82) is 0 Å². The Bertz CT molecular complexity index is 746. The zero-order valence-corrected chi connectivity index (χ0v) is 12.1. The lowest BCUT2D eigenvalue weighted by Gasteiger charge is -2.09. The van der Waals surface area contributed by atoms with Crippen molar-refractivity contribution in [3.63, 3.8) is 0 Å². The summed E-state index contributed by atoms with van der Waals surface area (Å²) in [5.41, 5.74) is 3.31. The van der Waals surface area contributed by atoms with Gasteiger partial charge in [-0.05, 0) is 54.4 Å². The molecule has 96 valence electrons. The van der Waals surface area contributed by atoms with Crippen LogP contribution < -0.4 is 0 Å². The minimum Gasteiger partial charge on any atom is -0.343 e. The quantitative estimate of drug-likeness (QED) is 0.633. The molecule has 0 unspecified atom stereocenters. The SMILES string of the molecule is Cc1cc(F)ccc1Cn1ccc2cc(Br)ccc21. The van der Waals surface area contributed by atoms with Crippen molar-refractivity contribution in [3.05, 3.63) is 70.1 Å². The second-order valence-corrected chi connectivity index (χ2v) is 5.63. The van der Waals surface area contributed by atoms with E-state index in [9.17, 15) is 4.39 Å². The monoisotopic (exact) mass is 317 g/mol. The molecule has 3 rings (SSSR count). The van der Waals surface area contributed by atoms with Crippen LogP contribution >= 0.6 is 15.9 Å². The van der Waals surface area contributed by atoms with Crippen LogP contribution in [0.1, 0.15) is 11.1 Å². The molecule has 0 saturated heterocycles. The normalized spacial score (nSPS) is 11.1. The number of aromatic nitrogens is 1. The predicted molar refractivity (Wildman–Crippen MR) is 79.9 cm³/mol. The van der Waals surface area contributed by atoms with Crippen LogP contribution in [0.3, 0.4) is 0 Å². The first kappa shape index (κ1) is 12.4. The zero-order valence-electron chi connectivity index (χ0n) is 10.5. The van der Waals surface area contributed by atoms with E-state index in [0.717, 1.165) is 22.1 Å². The van der Waals surface area contributed by atoms with Crippen LogP contribution in [0.2, 0.25) is 0 Å². The van der Waals surface area contributed by atoms with Crippen LogP contribution in [-0.4, -0.2) is 4.57 Å². The molecule has 0 amide bonds. The van der Waals surface area contributed by atoms with E-state index >= 15 is 0 Å². The molecule has 0 aliphatic carbocycles. The molecule has 3 aromatic rings. The van der Waals surface area contributed by atoms with E-state index in [1.54, 1.807) is 6.07 Å². The highest BCUT2D eigenvalue weighted by Gasteiger charge is 2.05. The fraction of sp³-hybridized carbons (Fsp3) is 0.125. The smallest absolute Gasteiger partial charge is 0.123 e. The summed E-state index contributed by atoms with van der Waals surface area (Å²) < 4.78 is 16.4. The Morgan fingerprint density at radius 2 is 1.95 bits per heavy atom. The van der Waals surface area contributed by atoms with E-state index in [1.807, 2.05) is 19.1 Å². The molecule has 1 aromatic heterocycles. The fourth-order valence-corrected chi connectivity index (χ4v) is 2.71. The summed E-state index contributed by atoms with van der Waals surface area (Å²) in [6, 6.07) is 13.3. The fourth-order valence-electron chi connectivity index (χ4n) is 2.33. The Labute approximate surface area is 119 Å². The van der Waals surface area contributed by atoms with Crippen LogP contribution in [0.4, 0.5) is 4.39 Å². The van der Waals surface area contributed by atoms with Gasteiger partial charge in [0, 0.05) is 28.1 Å². The Kier molecular flexibility index (Phi) is 3.15. The van der Waals surface area contributed by atoms with E-state index in [2.05, 4.69) is 44.9 Å². The van der Waals surface area contributed by atoms with Crippen molar-refractivity contribution in [1.82, 2.24) is 4.57 Å². The van der Waals surface area contributed by atoms with Gasteiger partial charge in [0.15, 0.2) is 0 Å². The number of benzene rings is 2.